The van der Waals surface area contributed by atoms with Gasteiger partial charge < -0.3 is 0 Å². The van der Waals surface area contributed by atoms with Crippen molar-refractivity contribution in [1.29, 1.82) is 0 Å². The number of ketones is 1. The van der Waals surface area contributed by atoms with Gasteiger partial charge in [-0.15, -0.1) is 0 Å². The molecule has 0 heterocycles. The molecule has 1 heteroatoms. The smallest absolute Gasteiger partial charge is 0.135 e. The summed E-state index contributed by atoms with van der Waals surface area (Å²) in [6.45, 7) is 6.49. The van der Waals surface area contributed by atoms with Crippen LogP contribution in [0.3, 0.4) is 0 Å². The summed E-state index contributed by atoms with van der Waals surface area (Å²) in [4.78, 5) is 11.3. The molecule has 1 rings (SSSR count). The predicted molar refractivity (Wildman–Crippen MR) is 46.4 cm³/mol. The summed E-state index contributed by atoms with van der Waals surface area (Å²) in [5.74, 6) is 2.17. The molecule has 0 spiro atoms. The highest BCUT2D eigenvalue weighted by molar-refractivity contribution is 5.81. The van der Waals surface area contributed by atoms with Crippen LogP contribution < -0.4 is 0 Å². The Morgan fingerprint density at radius 3 is 2.45 bits per heavy atom. The SMILES string of the molecule is CC(C)[C@@H]1CC[C@@H](C)C(=O)C1. The van der Waals surface area contributed by atoms with Crippen LogP contribution in [0, 0.1) is 17.8 Å². The molecule has 0 N–H and O–H groups in total. The van der Waals surface area contributed by atoms with Crippen LogP contribution in [0.5, 0.6) is 0 Å². The molecule has 2 atom stereocenters. The lowest BCUT2D eigenvalue weighted by atomic mass is 9.77. The summed E-state index contributed by atoms with van der Waals surface area (Å²) in [6.07, 6.45) is 3.20. The van der Waals surface area contributed by atoms with Crippen LogP contribution in [0.2, 0.25) is 0 Å². The Kier molecular flexibility index (Phi) is 2.69. The Balaban J connectivity index is 2.46. The van der Waals surface area contributed by atoms with Crippen LogP contribution in [0.4, 0.5) is 0 Å². The molecule has 0 bridgehead atoms. The van der Waals surface area contributed by atoms with Crippen LogP contribution in [0.1, 0.15) is 40.0 Å². The molecule has 0 aromatic heterocycles. The standard InChI is InChI=1S/C10H18O/c1-7(2)9-5-4-8(3)10(11)6-9/h7-9H,4-6H2,1-3H3/t8-,9-/m1/s1. The van der Waals surface area contributed by atoms with Gasteiger partial charge in [0.2, 0.25) is 0 Å². The van der Waals surface area contributed by atoms with Gasteiger partial charge in [-0.3, -0.25) is 4.79 Å². The van der Waals surface area contributed by atoms with E-state index in [4.69, 9.17) is 0 Å². The third-order valence-corrected chi connectivity index (χ3v) is 2.93. The van der Waals surface area contributed by atoms with E-state index in [-0.39, 0.29) is 0 Å². The largest absolute Gasteiger partial charge is 0.299 e. The lowest BCUT2D eigenvalue weighted by Gasteiger charge is -2.27. The molecule has 0 saturated heterocycles. The minimum Gasteiger partial charge on any atom is -0.299 e. The second-order valence-corrected chi connectivity index (χ2v) is 4.15. The van der Waals surface area contributed by atoms with Gasteiger partial charge in [-0.25, -0.2) is 0 Å². The van der Waals surface area contributed by atoms with Crippen molar-refractivity contribution in [1.82, 2.24) is 0 Å². The summed E-state index contributed by atoms with van der Waals surface area (Å²) < 4.78 is 0. The van der Waals surface area contributed by atoms with E-state index in [2.05, 4.69) is 20.8 Å². The molecule has 64 valence electrons. The molecule has 1 nitrogen and oxygen atoms in total. The topological polar surface area (TPSA) is 17.1 Å². The zero-order valence-electron chi connectivity index (χ0n) is 7.76. The minimum atomic E-state index is 0.338. The maximum atomic E-state index is 11.3. The monoisotopic (exact) mass is 154 g/mol. The maximum Gasteiger partial charge on any atom is 0.135 e. The Morgan fingerprint density at radius 1 is 1.36 bits per heavy atom. The molecule has 0 aliphatic heterocycles. The summed E-state index contributed by atoms with van der Waals surface area (Å²) in [5, 5.41) is 0. The third kappa shape index (κ3) is 2.05. The molecule has 0 amide bonds. The normalized spacial score (nSPS) is 32.9. The highest BCUT2D eigenvalue weighted by Crippen LogP contribution is 2.30. The van der Waals surface area contributed by atoms with Crippen LogP contribution in [-0.4, -0.2) is 5.78 Å². The number of hydrogen-bond acceptors (Lipinski definition) is 1. The van der Waals surface area contributed by atoms with Gasteiger partial charge in [-0.2, -0.15) is 0 Å². The van der Waals surface area contributed by atoms with Gasteiger partial charge in [0.05, 0.1) is 0 Å². The summed E-state index contributed by atoms with van der Waals surface area (Å²) in [6, 6.07) is 0. The molecule has 1 saturated carbocycles. The highest BCUT2D eigenvalue weighted by Gasteiger charge is 2.26. The Labute approximate surface area is 69.2 Å². The molecule has 0 aromatic carbocycles. The van der Waals surface area contributed by atoms with Gasteiger partial charge in [0.1, 0.15) is 5.78 Å². The molecule has 1 aliphatic carbocycles. The lowest BCUT2D eigenvalue weighted by Crippen LogP contribution is -2.25. The van der Waals surface area contributed by atoms with Crippen molar-refractivity contribution in [3.8, 4) is 0 Å². The molecule has 0 radical (unpaired) electrons. The van der Waals surface area contributed by atoms with Gasteiger partial charge in [0.25, 0.3) is 0 Å². The van der Waals surface area contributed by atoms with Crippen molar-refractivity contribution in [3.63, 3.8) is 0 Å². The maximum absolute atomic E-state index is 11.3. The van der Waals surface area contributed by atoms with Crippen LogP contribution in [0.15, 0.2) is 0 Å². The molecular weight excluding hydrogens is 136 g/mol. The van der Waals surface area contributed by atoms with E-state index >= 15 is 0 Å². The number of Topliss-reactive ketones (excluding diaryl/α,β-unsaturated/α-hetero) is 1. The molecule has 11 heavy (non-hydrogen) atoms. The van der Waals surface area contributed by atoms with Crippen molar-refractivity contribution in [2.24, 2.45) is 17.8 Å². The van der Waals surface area contributed by atoms with E-state index < -0.39 is 0 Å². The fourth-order valence-corrected chi connectivity index (χ4v) is 1.76. The van der Waals surface area contributed by atoms with E-state index in [1.54, 1.807) is 0 Å². The van der Waals surface area contributed by atoms with Gasteiger partial charge in [-0.05, 0) is 24.7 Å². The predicted octanol–water partition coefficient (Wildman–Crippen LogP) is 2.65. The molecule has 0 unspecified atom stereocenters. The fourth-order valence-electron chi connectivity index (χ4n) is 1.76. The van der Waals surface area contributed by atoms with Crippen molar-refractivity contribution in [2.75, 3.05) is 0 Å². The summed E-state index contributed by atoms with van der Waals surface area (Å²) >= 11 is 0. The Hall–Kier alpha value is -0.330. The first-order valence-electron chi connectivity index (χ1n) is 4.64. The fraction of sp³-hybridized carbons (Fsp3) is 0.900. The van der Waals surface area contributed by atoms with E-state index in [1.165, 1.54) is 6.42 Å². The van der Waals surface area contributed by atoms with Crippen molar-refractivity contribution < 1.29 is 4.79 Å². The number of carbonyl (C=O) groups excluding carboxylic acids is 1. The Bertz CT molecular complexity index is 149. The minimum absolute atomic E-state index is 0.338. The van der Waals surface area contributed by atoms with Crippen molar-refractivity contribution in [3.05, 3.63) is 0 Å². The summed E-state index contributed by atoms with van der Waals surface area (Å²) in [5.41, 5.74) is 0. The quantitative estimate of drug-likeness (QED) is 0.567. The molecule has 0 aromatic rings. The van der Waals surface area contributed by atoms with Crippen molar-refractivity contribution >= 4 is 5.78 Å². The van der Waals surface area contributed by atoms with E-state index in [1.807, 2.05) is 0 Å². The van der Waals surface area contributed by atoms with Crippen LogP contribution >= 0.6 is 0 Å². The molecular formula is C10H18O. The number of hydrogen-bond donors (Lipinski definition) is 0. The lowest BCUT2D eigenvalue weighted by molar-refractivity contribution is -0.125. The van der Waals surface area contributed by atoms with E-state index in [0.29, 0.717) is 23.5 Å². The third-order valence-electron chi connectivity index (χ3n) is 2.93. The summed E-state index contributed by atoms with van der Waals surface area (Å²) in [7, 11) is 0. The molecule has 1 fully saturated rings. The van der Waals surface area contributed by atoms with Crippen LogP contribution in [-0.2, 0) is 4.79 Å². The molecule has 1 aliphatic rings. The highest BCUT2D eigenvalue weighted by atomic mass is 16.1. The zero-order valence-corrected chi connectivity index (χ0v) is 7.76. The average molecular weight is 154 g/mol. The van der Waals surface area contributed by atoms with Gasteiger partial charge in [0, 0.05) is 12.3 Å². The second kappa shape index (κ2) is 3.38. The van der Waals surface area contributed by atoms with E-state index in [9.17, 15) is 4.79 Å². The van der Waals surface area contributed by atoms with Gasteiger partial charge in [0.15, 0.2) is 0 Å². The first-order chi connectivity index (χ1) is 5.11. The first kappa shape index (κ1) is 8.76. The van der Waals surface area contributed by atoms with Gasteiger partial charge >= 0.3 is 0 Å². The zero-order chi connectivity index (χ0) is 8.43. The van der Waals surface area contributed by atoms with E-state index in [0.717, 1.165) is 12.8 Å². The first-order valence-corrected chi connectivity index (χ1v) is 4.64. The number of rotatable bonds is 1. The van der Waals surface area contributed by atoms with Gasteiger partial charge in [-0.1, -0.05) is 20.8 Å². The second-order valence-electron chi connectivity index (χ2n) is 4.15. The Morgan fingerprint density at radius 2 is 2.00 bits per heavy atom. The number of carbonyl (C=O) groups is 1. The average Bonchev–Trinajstić information content (AvgIpc) is 1.94. The van der Waals surface area contributed by atoms with Crippen LogP contribution in [0.25, 0.3) is 0 Å². The van der Waals surface area contributed by atoms with Crippen molar-refractivity contribution in [2.45, 2.75) is 40.0 Å².